The maximum absolute atomic E-state index is 12.8. The van der Waals surface area contributed by atoms with E-state index >= 15 is 0 Å². The van der Waals surface area contributed by atoms with Gasteiger partial charge in [0.1, 0.15) is 11.3 Å². The molecule has 4 heteroatoms. The summed E-state index contributed by atoms with van der Waals surface area (Å²) >= 11 is 0. The fraction of sp³-hybridized carbons (Fsp3) is 0.207. The molecular weight excluding hydrogens is 410 g/mol. The summed E-state index contributed by atoms with van der Waals surface area (Å²) in [5.74, 6) is 0.531. The second-order valence-electron chi connectivity index (χ2n) is 8.67. The minimum absolute atomic E-state index is 0.178. The number of carbonyl (C=O) groups is 1. The number of amides is 1. The normalized spacial score (nSPS) is 11.6. The van der Waals surface area contributed by atoms with Crippen LogP contribution in [0.5, 0.6) is 5.75 Å². The summed E-state index contributed by atoms with van der Waals surface area (Å²) in [4.78, 5) is 12.8. The molecule has 0 aliphatic rings. The van der Waals surface area contributed by atoms with Crippen molar-refractivity contribution in [2.24, 2.45) is 0 Å². The Morgan fingerprint density at radius 1 is 0.939 bits per heavy atom. The summed E-state index contributed by atoms with van der Waals surface area (Å²) in [6.45, 7) is 10.0. The Balaban J connectivity index is 1.75. The molecule has 4 nitrogen and oxygen atoms in total. The van der Waals surface area contributed by atoms with Crippen LogP contribution in [0.1, 0.15) is 34.7 Å². The van der Waals surface area contributed by atoms with Crippen LogP contribution in [0.25, 0.3) is 27.7 Å². The molecule has 0 unspecified atom stereocenters. The van der Waals surface area contributed by atoms with Crippen LogP contribution in [0.15, 0.2) is 65.3 Å². The zero-order chi connectivity index (χ0) is 23.7. The minimum Gasteiger partial charge on any atom is -0.496 e. The van der Waals surface area contributed by atoms with Crippen molar-refractivity contribution in [2.75, 3.05) is 12.4 Å². The third-order valence-electron chi connectivity index (χ3n) is 5.87. The number of rotatable bonds is 5. The second-order valence-corrected chi connectivity index (χ2v) is 8.67. The topological polar surface area (TPSA) is 51.5 Å². The van der Waals surface area contributed by atoms with E-state index < -0.39 is 0 Å². The van der Waals surface area contributed by atoms with Crippen molar-refractivity contribution >= 4 is 28.1 Å². The number of ether oxygens (including phenoxy) is 1. The maximum atomic E-state index is 12.8. The van der Waals surface area contributed by atoms with Crippen LogP contribution in [0.2, 0.25) is 0 Å². The number of hydrogen-bond donors (Lipinski definition) is 1. The molecule has 0 radical (unpaired) electrons. The van der Waals surface area contributed by atoms with Crippen LogP contribution in [0, 0.1) is 27.7 Å². The predicted octanol–water partition coefficient (Wildman–Crippen LogP) is 7.38. The van der Waals surface area contributed by atoms with Crippen molar-refractivity contribution in [1.82, 2.24) is 0 Å². The van der Waals surface area contributed by atoms with Crippen LogP contribution < -0.4 is 10.1 Å². The third kappa shape index (κ3) is 4.56. The van der Waals surface area contributed by atoms with E-state index in [2.05, 4.69) is 48.6 Å². The summed E-state index contributed by atoms with van der Waals surface area (Å²) in [5.41, 5.74) is 9.70. The van der Waals surface area contributed by atoms with Gasteiger partial charge >= 0.3 is 0 Å². The number of benzene rings is 3. The Hall–Kier alpha value is -3.79. The zero-order valence-electron chi connectivity index (χ0n) is 20.0. The molecular formula is C29H29NO3. The molecule has 0 saturated heterocycles. The molecule has 168 valence electrons. The first kappa shape index (κ1) is 22.4. The van der Waals surface area contributed by atoms with Gasteiger partial charge in [-0.05, 0) is 75.1 Å². The van der Waals surface area contributed by atoms with Crippen LogP contribution in [0.3, 0.4) is 0 Å². The van der Waals surface area contributed by atoms with Crippen LogP contribution >= 0.6 is 0 Å². The molecule has 0 aliphatic carbocycles. The van der Waals surface area contributed by atoms with E-state index in [1.807, 2.05) is 39.8 Å². The van der Waals surface area contributed by atoms with Crippen molar-refractivity contribution in [2.45, 2.75) is 34.6 Å². The Morgan fingerprint density at radius 2 is 1.61 bits per heavy atom. The third-order valence-corrected chi connectivity index (χ3v) is 5.87. The summed E-state index contributed by atoms with van der Waals surface area (Å²) in [6, 6.07) is 16.4. The molecule has 0 aliphatic heterocycles. The number of anilines is 1. The van der Waals surface area contributed by atoms with Crippen LogP contribution in [-0.4, -0.2) is 13.0 Å². The van der Waals surface area contributed by atoms with Crippen molar-refractivity contribution in [1.29, 1.82) is 0 Å². The molecule has 1 N–H and O–H groups in total. The summed E-state index contributed by atoms with van der Waals surface area (Å²) < 4.78 is 11.7. The average molecular weight is 440 g/mol. The van der Waals surface area contributed by atoms with Gasteiger partial charge in [0.25, 0.3) is 0 Å². The highest BCUT2D eigenvalue weighted by Gasteiger charge is 2.19. The predicted molar refractivity (Wildman–Crippen MR) is 136 cm³/mol. The molecule has 4 aromatic rings. The standard InChI is InChI=1S/C29H29NO3/c1-17-7-9-22(10-8-17)26-16-33-29-21(5)28(32-6)24(15-25(26)29)20(4)14-27(31)30-23-12-18(2)11-19(3)13-23/h7-16H,1-6H3,(H,30,31)/b20-14+. The number of methoxy groups -OCH3 is 1. The van der Waals surface area contributed by atoms with E-state index in [-0.39, 0.29) is 5.91 Å². The number of carbonyl (C=O) groups excluding carboxylic acids is 1. The van der Waals surface area contributed by atoms with E-state index in [1.165, 1.54) is 5.56 Å². The monoisotopic (exact) mass is 439 g/mol. The number of fused-ring (bicyclic) bond motifs is 1. The SMILES string of the molecule is COc1c(/C(C)=C/C(=O)Nc2cc(C)cc(C)c2)cc2c(-c3ccc(C)cc3)coc2c1C. The van der Waals surface area contributed by atoms with Gasteiger partial charge in [0.15, 0.2) is 0 Å². The Bertz CT molecular complexity index is 1350. The highest BCUT2D eigenvalue weighted by molar-refractivity contribution is 6.06. The van der Waals surface area contributed by atoms with Gasteiger partial charge in [0, 0.05) is 33.8 Å². The van der Waals surface area contributed by atoms with E-state index in [1.54, 1.807) is 19.4 Å². The molecule has 1 aromatic heterocycles. The van der Waals surface area contributed by atoms with E-state index in [4.69, 9.17) is 9.15 Å². The van der Waals surface area contributed by atoms with Gasteiger partial charge in [-0.25, -0.2) is 0 Å². The molecule has 1 heterocycles. The van der Waals surface area contributed by atoms with Gasteiger partial charge in [-0.2, -0.15) is 0 Å². The lowest BCUT2D eigenvalue weighted by molar-refractivity contribution is -0.111. The molecule has 33 heavy (non-hydrogen) atoms. The number of hydrogen-bond acceptors (Lipinski definition) is 3. The average Bonchev–Trinajstić information content (AvgIpc) is 3.17. The lowest BCUT2D eigenvalue weighted by Crippen LogP contribution is -2.09. The van der Waals surface area contributed by atoms with Gasteiger partial charge in [0.05, 0.1) is 13.4 Å². The van der Waals surface area contributed by atoms with Crippen molar-refractivity contribution < 1.29 is 13.9 Å². The maximum Gasteiger partial charge on any atom is 0.248 e. The second kappa shape index (κ2) is 8.99. The number of furan rings is 1. The molecule has 0 fully saturated rings. The quantitative estimate of drug-likeness (QED) is 0.330. The van der Waals surface area contributed by atoms with Crippen molar-refractivity contribution in [3.05, 3.63) is 88.7 Å². The number of allylic oxidation sites excluding steroid dienone is 1. The largest absolute Gasteiger partial charge is 0.496 e. The first-order valence-corrected chi connectivity index (χ1v) is 11.0. The van der Waals surface area contributed by atoms with E-state index in [0.29, 0.717) is 5.75 Å². The van der Waals surface area contributed by atoms with E-state index in [0.717, 1.165) is 55.6 Å². The van der Waals surface area contributed by atoms with Crippen LogP contribution in [-0.2, 0) is 4.79 Å². The van der Waals surface area contributed by atoms with Crippen molar-refractivity contribution in [3.8, 4) is 16.9 Å². The number of aryl methyl sites for hydroxylation is 4. The number of nitrogens with one attached hydrogen (secondary N) is 1. The highest BCUT2D eigenvalue weighted by atomic mass is 16.5. The highest BCUT2D eigenvalue weighted by Crippen LogP contribution is 2.40. The smallest absolute Gasteiger partial charge is 0.248 e. The molecule has 0 saturated carbocycles. The van der Waals surface area contributed by atoms with Crippen LogP contribution in [0.4, 0.5) is 5.69 Å². The Labute approximate surface area is 194 Å². The summed E-state index contributed by atoms with van der Waals surface area (Å²) in [5, 5.41) is 3.97. The Morgan fingerprint density at radius 3 is 2.24 bits per heavy atom. The molecule has 1 amide bonds. The summed E-state index contributed by atoms with van der Waals surface area (Å²) in [6.07, 6.45) is 3.41. The van der Waals surface area contributed by atoms with Gasteiger partial charge in [-0.3, -0.25) is 4.79 Å². The van der Waals surface area contributed by atoms with Gasteiger partial charge in [0.2, 0.25) is 5.91 Å². The van der Waals surface area contributed by atoms with Gasteiger partial charge in [-0.15, -0.1) is 0 Å². The fourth-order valence-corrected chi connectivity index (χ4v) is 4.33. The first-order chi connectivity index (χ1) is 15.8. The molecule has 0 atom stereocenters. The molecule has 0 spiro atoms. The minimum atomic E-state index is -0.178. The zero-order valence-corrected chi connectivity index (χ0v) is 20.0. The first-order valence-electron chi connectivity index (χ1n) is 11.0. The lowest BCUT2D eigenvalue weighted by atomic mass is 9.96. The molecule has 3 aromatic carbocycles. The van der Waals surface area contributed by atoms with E-state index in [9.17, 15) is 4.79 Å². The Kier molecular flexibility index (Phi) is 6.10. The lowest BCUT2D eigenvalue weighted by Gasteiger charge is -2.13. The molecule has 4 rings (SSSR count). The summed E-state index contributed by atoms with van der Waals surface area (Å²) in [7, 11) is 1.64. The molecule has 0 bridgehead atoms. The van der Waals surface area contributed by atoms with Gasteiger partial charge < -0.3 is 14.5 Å². The fourth-order valence-electron chi connectivity index (χ4n) is 4.33. The van der Waals surface area contributed by atoms with Crippen molar-refractivity contribution in [3.63, 3.8) is 0 Å². The van der Waals surface area contributed by atoms with Gasteiger partial charge in [-0.1, -0.05) is 35.9 Å².